The fourth-order valence-corrected chi connectivity index (χ4v) is 2.22. The number of fused-ring (bicyclic) bond motifs is 1. The lowest BCUT2D eigenvalue weighted by Crippen LogP contribution is -2.19. The Bertz CT molecular complexity index is 434. The average Bonchev–Trinajstić information content (AvgIpc) is 2.34. The third kappa shape index (κ3) is 4.11. The standard InChI is InChI=1S/C13H16F3NO2/c14-13(15,16)19-7-6-18-10-5-4-9-2-1-3-12(17)11(9)8-10/h4-5,8,12H,1-3,6-7,17H2. The summed E-state index contributed by atoms with van der Waals surface area (Å²) in [5.41, 5.74) is 8.22. The first-order chi connectivity index (χ1) is 8.96. The van der Waals surface area contributed by atoms with E-state index in [1.165, 1.54) is 5.56 Å². The van der Waals surface area contributed by atoms with Gasteiger partial charge in [-0.05, 0) is 42.5 Å². The lowest BCUT2D eigenvalue weighted by atomic mass is 9.88. The third-order valence-electron chi connectivity index (χ3n) is 3.10. The second kappa shape index (κ2) is 5.79. The molecule has 1 aromatic rings. The molecule has 2 rings (SSSR count). The number of aryl methyl sites for hydroxylation is 1. The van der Waals surface area contributed by atoms with Crippen molar-refractivity contribution in [3.8, 4) is 5.75 Å². The van der Waals surface area contributed by atoms with Gasteiger partial charge in [-0.1, -0.05) is 6.07 Å². The van der Waals surface area contributed by atoms with Crippen LogP contribution in [0.25, 0.3) is 0 Å². The zero-order chi connectivity index (χ0) is 13.9. The third-order valence-corrected chi connectivity index (χ3v) is 3.10. The van der Waals surface area contributed by atoms with Crippen LogP contribution in [-0.4, -0.2) is 19.6 Å². The topological polar surface area (TPSA) is 44.5 Å². The van der Waals surface area contributed by atoms with Gasteiger partial charge in [0, 0.05) is 6.04 Å². The van der Waals surface area contributed by atoms with E-state index >= 15 is 0 Å². The van der Waals surface area contributed by atoms with Crippen molar-refractivity contribution in [1.29, 1.82) is 0 Å². The summed E-state index contributed by atoms with van der Waals surface area (Å²) in [5.74, 6) is 0.530. The summed E-state index contributed by atoms with van der Waals surface area (Å²) in [5, 5.41) is 0. The van der Waals surface area contributed by atoms with Gasteiger partial charge in [0.15, 0.2) is 0 Å². The fraction of sp³-hybridized carbons (Fsp3) is 0.538. The van der Waals surface area contributed by atoms with Crippen LogP contribution in [0.2, 0.25) is 0 Å². The molecule has 2 N–H and O–H groups in total. The van der Waals surface area contributed by atoms with Crippen molar-refractivity contribution in [2.75, 3.05) is 13.2 Å². The minimum atomic E-state index is -4.61. The molecule has 0 fully saturated rings. The summed E-state index contributed by atoms with van der Waals surface area (Å²) in [6.45, 7) is -0.666. The van der Waals surface area contributed by atoms with Gasteiger partial charge in [0.1, 0.15) is 12.4 Å². The van der Waals surface area contributed by atoms with Crippen LogP contribution in [0.3, 0.4) is 0 Å². The minimum Gasteiger partial charge on any atom is -0.491 e. The molecule has 3 nitrogen and oxygen atoms in total. The van der Waals surface area contributed by atoms with Gasteiger partial charge >= 0.3 is 6.36 Å². The number of ether oxygens (including phenoxy) is 2. The smallest absolute Gasteiger partial charge is 0.491 e. The number of halogens is 3. The highest BCUT2D eigenvalue weighted by Crippen LogP contribution is 2.30. The number of hydrogen-bond donors (Lipinski definition) is 1. The van der Waals surface area contributed by atoms with Crippen LogP contribution in [0.4, 0.5) is 13.2 Å². The normalized spacial score (nSPS) is 19.1. The summed E-state index contributed by atoms with van der Waals surface area (Å²) >= 11 is 0. The average molecular weight is 275 g/mol. The molecule has 1 aliphatic rings. The summed E-state index contributed by atoms with van der Waals surface area (Å²) < 4.78 is 44.2. The van der Waals surface area contributed by atoms with E-state index in [-0.39, 0.29) is 12.6 Å². The fourth-order valence-electron chi connectivity index (χ4n) is 2.22. The largest absolute Gasteiger partial charge is 0.522 e. The Morgan fingerprint density at radius 3 is 2.79 bits per heavy atom. The Morgan fingerprint density at radius 2 is 2.05 bits per heavy atom. The molecule has 0 amide bonds. The van der Waals surface area contributed by atoms with Gasteiger partial charge in [-0.25, -0.2) is 0 Å². The van der Waals surface area contributed by atoms with E-state index < -0.39 is 13.0 Å². The van der Waals surface area contributed by atoms with E-state index in [0.29, 0.717) is 5.75 Å². The van der Waals surface area contributed by atoms with Gasteiger partial charge in [-0.15, -0.1) is 13.2 Å². The van der Waals surface area contributed by atoms with Crippen LogP contribution >= 0.6 is 0 Å². The van der Waals surface area contributed by atoms with Gasteiger partial charge < -0.3 is 10.5 Å². The van der Waals surface area contributed by atoms with E-state index in [1.807, 2.05) is 12.1 Å². The summed E-state index contributed by atoms with van der Waals surface area (Å²) in [6.07, 6.45) is -1.64. The molecule has 0 aromatic heterocycles. The minimum absolute atomic E-state index is 0.0151. The van der Waals surface area contributed by atoms with Gasteiger partial charge in [0.05, 0.1) is 6.61 Å². The van der Waals surface area contributed by atoms with Crippen molar-refractivity contribution >= 4 is 0 Å². The van der Waals surface area contributed by atoms with Crippen molar-refractivity contribution in [2.24, 2.45) is 5.73 Å². The Balaban J connectivity index is 1.89. The number of nitrogens with two attached hydrogens (primary N) is 1. The maximum Gasteiger partial charge on any atom is 0.522 e. The molecule has 0 heterocycles. The van der Waals surface area contributed by atoms with E-state index in [1.54, 1.807) is 6.07 Å². The van der Waals surface area contributed by atoms with Crippen molar-refractivity contribution in [3.63, 3.8) is 0 Å². The molecule has 1 unspecified atom stereocenters. The lowest BCUT2D eigenvalue weighted by Gasteiger charge is -2.22. The maximum absolute atomic E-state index is 11.8. The zero-order valence-corrected chi connectivity index (χ0v) is 10.4. The molecule has 0 aliphatic heterocycles. The van der Waals surface area contributed by atoms with Crippen LogP contribution in [0.15, 0.2) is 18.2 Å². The molecule has 1 aromatic carbocycles. The molecule has 0 saturated heterocycles. The molecule has 0 radical (unpaired) electrons. The van der Waals surface area contributed by atoms with Crippen LogP contribution in [-0.2, 0) is 11.2 Å². The highest BCUT2D eigenvalue weighted by Gasteiger charge is 2.28. The van der Waals surface area contributed by atoms with Gasteiger partial charge in [-0.3, -0.25) is 4.74 Å². The van der Waals surface area contributed by atoms with E-state index in [4.69, 9.17) is 10.5 Å². The second-order valence-corrected chi connectivity index (χ2v) is 4.50. The van der Waals surface area contributed by atoms with Crippen molar-refractivity contribution in [3.05, 3.63) is 29.3 Å². The maximum atomic E-state index is 11.8. The predicted molar refractivity (Wildman–Crippen MR) is 63.8 cm³/mol. The van der Waals surface area contributed by atoms with E-state index in [0.717, 1.165) is 24.8 Å². The molecule has 0 saturated carbocycles. The number of rotatable bonds is 4. The number of hydrogen-bond acceptors (Lipinski definition) is 3. The summed E-state index contributed by atoms with van der Waals surface area (Å²) in [6, 6.07) is 5.48. The molecular weight excluding hydrogens is 259 g/mol. The second-order valence-electron chi connectivity index (χ2n) is 4.50. The van der Waals surface area contributed by atoms with Gasteiger partial charge in [-0.2, -0.15) is 0 Å². The summed E-state index contributed by atoms with van der Waals surface area (Å²) in [4.78, 5) is 0. The van der Waals surface area contributed by atoms with Crippen LogP contribution in [0, 0.1) is 0 Å². The SMILES string of the molecule is NC1CCCc2ccc(OCCOC(F)(F)F)cc21. The van der Waals surface area contributed by atoms with Crippen LogP contribution in [0.5, 0.6) is 5.75 Å². The monoisotopic (exact) mass is 275 g/mol. The quantitative estimate of drug-likeness (QED) is 0.859. The number of alkyl halides is 3. The first kappa shape index (κ1) is 14.1. The summed E-state index contributed by atoms with van der Waals surface area (Å²) in [7, 11) is 0. The zero-order valence-electron chi connectivity index (χ0n) is 10.4. The van der Waals surface area contributed by atoms with Gasteiger partial charge in [0.25, 0.3) is 0 Å². The first-order valence-corrected chi connectivity index (χ1v) is 6.17. The lowest BCUT2D eigenvalue weighted by molar-refractivity contribution is -0.325. The Kier molecular flexibility index (Phi) is 4.31. The Hall–Kier alpha value is -1.27. The Labute approximate surface area is 109 Å². The van der Waals surface area contributed by atoms with E-state index in [9.17, 15) is 13.2 Å². The van der Waals surface area contributed by atoms with Crippen molar-refractivity contribution < 1.29 is 22.6 Å². The highest BCUT2D eigenvalue weighted by atomic mass is 19.4. The molecule has 1 atom stereocenters. The predicted octanol–water partition coefficient (Wildman–Crippen LogP) is 2.94. The van der Waals surface area contributed by atoms with Crippen LogP contribution < -0.4 is 10.5 Å². The first-order valence-electron chi connectivity index (χ1n) is 6.17. The van der Waals surface area contributed by atoms with Crippen LogP contribution in [0.1, 0.15) is 30.0 Å². The highest BCUT2D eigenvalue weighted by molar-refractivity contribution is 5.39. The van der Waals surface area contributed by atoms with Gasteiger partial charge in [0.2, 0.25) is 0 Å². The molecule has 1 aliphatic carbocycles. The molecule has 0 spiro atoms. The molecular formula is C13H16F3NO2. The molecule has 106 valence electrons. The number of benzene rings is 1. The van der Waals surface area contributed by atoms with Crippen molar-refractivity contribution in [2.45, 2.75) is 31.7 Å². The van der Waals surface area contributed by atoms with Crippen molar-refractivity contribution in [1.82, 2.24) is 0 Å². The van der Waals surface area contributed by atoms with E-state index in [2.05, 4.69) is 4.74 Å². The molecule has 0 bridgehead atoms. The molecule has 6 heteroatoms. The molecule has 19 heavy (non-hydrogen) atoms. The Morgan fingerprint density at radius 1 is 1.26 bits per heavy atom.